The van der Waals surface area contributed by atoms with E-state index in [0.29, 0.717) is 14.5 Å². The van der Waals surface area contributed by atoms with Gasteiger partial charge in [-0.2, -0.15) is 0 Å². The SMILES string of the molecule is Cc1c[se]c2ccccc2c1=O. The molecule has 2 rings (SSSR count). The van der Waals surface area contributed by atoms with Crippen molar-refractivity contribution in [2.45, 2.75) is 6.92 Å². The van der Waals surface area contributed by atoms with Crippen molar-refractivity contribution in [2.24, 2.45) is 0 Å². The van der Waals surface area contributed by atoms with Gasteiger partial charge in [0.15, 0.2) is 0 Å². The number of rotatable bonds is 0. The van der Waals surface area contributed by atoms with Crippen molar-refractivity contribution in [3.05, 3.63) is 45.0 Å². The van der Waals surface area contributed by atoms with Gasteiger partial charge in [-0.1, -0.05) is 0 Å². The second-order valence-corrected chi connectivity index (χ2v) is 4.66. The molecule has 1 aromatic heterocycles. The third-order valence-corrected chi connectivity index (χ3v) is 4.12. The molecular weight excluding hydrogens is 215 g/mol. The third-order valence-electron chi connectivity index (χ3n) is 1.85. The van der Waals surface area contributed by atoms with Crippen molar-refractivity contribution in [2.75, 3.05) is 0 Å². The Morgan fingerprint density at radius 1 is 1.25 bits per heavy atom. The summed E-state index contributed by atoms with van der Waals surface area (Å²) in [6.45, 7) is 1.89. The van der Waals surface area contributed by atoms with Crippen LogP contribution in [0.4, 0.5) is 0 Å². The van der Waals surface area contributed by atoms with Crippen molar-refractivity contribution in [1.29, 1.82) is 0 Å². The molecule has 0 radical (unpaired) electrons. The summed E-state index contributed by atoms with van der Waals surface area (Å²) in [4.78, 5) is 13.6. The normalized spacial score (nSPS) is 10.4. The molecule has 0 spiro atoms. The van der Waals surface area contributed by atoms with Gasteiger partial charge >= 0.3 is 76.1 Å². The van der Waals surface area contributed by atoms with Crippen molar-refractivity contribution in [3.63, 3.8) is 0 Å². The molecule has 60 valence electrons. The second-order valence-electron chi connectivity index (χ2n) is 2.74. The van der Waals surface area contributed by atoms with Gasteiger partial charge in [0.25, 0.3) is 0 Å². The van der Waals surface area contributed by atoms with E-state index in [2.05, 4.69) is 4.94 Å². The van der Waals surface area contributed by atoms with Crippen LogP contribution in [0.3, 0.4) is 0 Å². The number of fused-ring (bicyclic) bond motifs is 1. The first-order chi connectivity index (χ1) is 5.79. The summed E-state index contributed by atoms with van der Waals surface area (Å²) < 4.78 is 1.21. The summed E-state index contributed by atoms with van der Waals surface area (Å²) in [6.07, 6.45) is 0. The van der Waals surface area contributed by atoms with Gasteiger partial charge in [0.2, 0.25) is 0 Å². The Morgan fingerprint density at radius 3 is 2.83 bits per heavy atom. The van der Waals surface area contributed by atoms with Gasteiger partial charge < -0.3 is 0 Å². The minimum absolute atomic E-state index is 0.193. The Morgan fingerprint density at radius 2 is 2.00 bits per heavy atom. The van der Waals surface area contributed by atoms with Crippen LogP contribution in [0.2, 0.25) is 0 Å². The van der Waals surface area contributed by atoms with Crippen molar-refractivity contribution < 1.29 is 0 Å². The van der Waals surface area contributed by atoms with Crippen molar-refractivity contribution in [1.82, 2.24) is 0 Å². The number of hydrogen-bond donors (Lipinski definition) is 0. The Kier molecular flexibility index (Phi) is 1.87. The Labute approximate surface area is 76.4 Å². The minimum atomic E-state index is 0.193. The number of hydrogen-bond acceptors (Lipinski definition) is 1. The fraction of sp³-hybridized carbons (Fsp3) is 0.100. The van der Waals surface area contributed by atoms with E-state index in [9.17, 15) is 4.79 Å². The molecule has 1 aromatic carbocycles. The Hall–Kier alpha value is -0.851. The summed E-state index contributed by atoms with van der Waals surface area (Å²) in [7, 11) is 0. The summed E-state index contributed by atoms with van der Waals surface area (Å²) in [5, 5.41) is 0.900. The molecule has 0 aliphatic rings. The summed E-state index contributed by atoms with van der Waals surface area (Å²) >= 11 is 0.356. The van der Waals surface area contributed by atoms with E-state index in [-0.39, 0.29) is 5.43 Å². The van der Waals surface area contributed by atoms with E-state index in [1.165, 1.54) is 4.26 Å². The number of aryl methyl sites for hydroxylation is 1. The van der Waals surface area contributed by atoms with Crippen LogP contribution < -0.4 is 5.43 Å². The molecule has 0 fully saturated rings. The zero-order valence-corrected chi connectivity index (χ0v) is 8.42. The molecule has 2 heteroatoms. The van der Waals surface area contributed by atoms with E-state index in [4.69, 9.17) is 0 Å². The van der Waals surface area contributed by atoms with Crippen LogP contribution in [-0.4, -0.2) is 14.5 Å². The van der Waals surface area contributed by atoms with Crippen LogP contribution in [0.25, 0.3) is 9.65 Å². The molecule has 0 amide bonds. The van der Waals surface area contributed by atoms with Crippen LogP contribution in [0.1, 0.15) is 5.56 Å². The standard InChI is InChI=1S/C10H8OSe/c1-7-6-12-9-5-3-2-4-8(9)10(7)11/h2-6H,1H3. The maximum atomic E-state index is 11.6. The van der Waals surface area contributed by atoms with Crippen LogP contribution >= 0.6 is 0 Å². The predicted molar refractivity (Wildman–Crippen MR) is 51.9 cm³/mol. The molecule has 0 atom stereocenters. The van der Waals surface area contributed by atoms with Crippen molar-refractivity contribution >= 4 is 24.1 Å². The summed E-state index contributed by atoms with van der Waals surface area (Å²) in [5.41, 5.74) is 1.09. The molecule has 0 aliphatic heterocycles. The van der Waals surface area contributed by atoms with E-state index >= 15 is 0 Å². The van der Waals surface area contributed by atoms with Gasteiger partial charge in [-0.3, -0.25) is 0 Å². The molecule has 0 unspecified atom stereocenters. The van der Waals surface area contributed by atoms with Gasteiger partial charge in [-0.15, -0.1) is 0 Å². The van der Waals surface area contributed by atoms with Gasteiger partial charge in [0, 0.05) is 0 Å². The Balaban J connectivity index is 3.01. The topological polar surface area (TPSA) is 17.1 Å². The average molecular weight is 223 g/mol. The number of benzene rings is 1. The van der Waals surface area contributed by atoms with Crippen LogP contribution in [0.15, 0.2) is 34.0 Å². The summed E-state index contributed by atoms with van der Waals surface area (Å²) in [5.74, 6) is 0. The second kappa shape index (κ2) is 2.89. The van der Waals surface area contributed by atoms with Gasteiger partial charge in [0.1, 0.15) is 0 Å². The molecular formula is C10H8OSe. The van der Waals surface area contributed by atoms with Gasteiger partial charge in [-0.05, 0) is 0 Å². The van der Waals surface area contributed by atoms with E-state index in [1.54, 1.807) is 0 Å². The predicted octanol–water partition coefficient (Wildman–Crippen LogP) is 1.57. The summed E-state index contributed by atoms with van der Waals surface area (Å²) in [6, 6.07) is 7.86. The molecule has 0 aliphatic carbocycles. The maximum absolute atomic E-state index is 11.6. The zero-order valence-electron chi connectivity index (χ0n) is 6.70. The quantitative estimate of drug-likeness (QED) is 0.619. The molecule has 0 N–H and O–H groups in total. The monoisotopic (exact) mass is 224 g/mol. The molecule has 0 bridgehead atoms. The fourth-order valence-corrected chi connectivity index (χ4v) is 2.97. The molecule has 12 heavy (non-hydrogen) atoms. The van der Waals surface area contributed by atoms with E-state index in [0.717, 1.165) is 10.9 Å². The molecule has 0 saturated carbocycles. The molecule has 2 aromatic rings. The van der Waals surface area contributed by atoms with Crippen molar-refractivity contribution in [3.8, 4) is 0 Å². The molecule has 0 saturated heterocycles. The first kappa shape index (κ1) is 7.78. The van der Waals surface area contributed by atoms with Crippen LogP contribution in [0, 0.1) is 6.92 Å². The molecule has 1 nitrogen and oxygen atoms in total. The Bertz CT molecular complexity index is 470. The van der Waals surface area contributed by atoms with Crippen LogP contribution in [-0.2, 0) is 0 Å². The van der Waals surface area contributed by atoms with E-state index < -0.39 is 0 Å². The molecule has 1 heterocycles. The third kappa shape index (κ3) is 1.13. The average Bonchev–Trinajstić information content (AvgIpc) is 2.12. The van der Waals surface area contributed by atoms with Crippen LogP contribution in [0.5, 0.6) is 0 Å². The van der Waals surface area contributed by atoms with E-state index in [1.807, 2.05) is 31.2 Å². The fourth-order valence-electron chi connectivity index (χ4n) is 1.17. The van der Waals surface area contributed by atoms with Gasteiger partial charge in [0.05, 0.1) is 0 Å². The zero-order chi connectivity index (χ0) is 8.55. The van der Waals surface area contributed by atoms with Gasteiger partial charge in [-0.25, -0.2) is 0 Å². The first-order valence-electron chi connectivity index (χ1n) is 3.76. The first-order valence-corrected chi connectivity index (χ1v) is 5.61.